The zero-order valence-electron chi connectivity index (χ0n) is 11.7. The number of carboxylic acids is 1. The molecule has 0 aromatic carbocycles. The summed E-state index contributed by atoms with van der Waals surface area (Å²) in [5, 5.41) is 13.3. The summed E-state index contributed by atoms with van der Waals surface area (Å²) < 4.78 is 5.20. The minimum atomic E-state index is -0.793. The van der Waals surface area contributed by atoms with Crippen molar-refractivity contribution in [1.29, 1.82) is 0 Å². The molecular weight excluding hydrogens is 272 g/mol. The molecule has 1 N–H and O–H groups in total. The number of carboxylic acid groups (broad SMARTS) is 1. The second kappa shape index (κ2) is 4.58. The maximum absolute atomic E-state index is 12.6. The largest absolute Gasteiger partial charge is 0.481 e. The Morgan fingerprint density at radius 3 is 2.76 bits per heavy atom. The first-order chi connectivity index (χ1) is 10.1. The Balaban J connectivity index is 1.56. The average Bonchev–Trinajstić information content (AvgIpc) is 3.24. The minimum absolute atomic E-state index is 0.199. The summed E-state index contributed by atoms with van der Waals surface area (Å²) in [4.78, 5) is 25.7. The summed E-state index contributed by atoms with van der Waals surface area (Å²) in [5.74, 6) is -0.430. The summed E-state index contributed by atoms with van der Waals surface area (Å²) >= 11 is 0. The van der Waals surface area contributed by atoms with Gasteiger partial charge in [0.15, 0.2) is 0 Å². The normalized spacial score (nSPS) is 31.4. The van der Waals surface area contributed by atoms with E-state index in [2.05, 4.69) is 5.16 Å². The molecule has 0 spiro atoms. The number of aromatic nitrogens is 1. The number of aliphatic carboxylic acids is 1. The molecule has 2 saturated heterocycles. The van der Waals surface area contributed by atoms with Crippen LogP contribution >= 0.6 is 0 Å². The van der Waals surface area contributed by atoms with E-state index in [1.54, 1.807) is 11.0 Å². The third-order valence-corrected chi connectivity index (χ3v) is 5.09. The summed E-state index contributed by atoms with van der Waals surface area (Å²) in [6.45, 7) is 0.646. The van der Waals surface area contributed by atoms with Crippen LogP contribution in [0, 0.1) is 11.8 Å². The van der Waals surface area contributed by atoms with Gasteiger partial charge in [0.05, 0.1) is 11.6 Å². The van der Waals surface area contributed by atoms with Gasteiger partial charge in [0.2, 0.25) is 5.76 Å². The van der Waals surface area contributed by atoms with Crippen LogP contribution in [-0.2, 0) is 4.79 Å². The van der Waals surface area contributed by atoms with Gasteiger partial charge in [0.1, 0.15) is 0 Å². The van der Waals surface area contributed by atoms with E-state index in [4.69, 9.17) is 4.52 Å². The Bertz CT molecular complexity index is 592. The highest BCUT2D eigenvalue weighted by atomic mass is 16.5. The van der Waals surface area contributed by atoms with E-state index in [1.165, 1.54) is 0 Å². The van der Waals surface area contributed by atoms with Crippen molar-refractivity contribution in [2.45, 2.75) is 44.1 Å². The van der Waals surface area contributed by atoms with Crippen LogP contribution < -0.4 is 0 Å². The number of piperidine rings is 2. The third-order valence-electron chi connectivity index (χ3n) is 5.09. The Morgan fingerprint density at radius 1 is 1.29 bits per heavy atom. The lowest BCUT2D eigenvalue weighted by molar-refractivity contribution is -0.148. The number of rotatable bonds is 3. The molecule has 2 aliphatic heterocycles. The topological polar surface area (TPSA) is 83.6 Å². The van der Waals surface area contributed by atoms with E-state index < -0.39 is 11.9 Å². The van der Waals surface area contributed by atoms with Crippen molar-refractivity contribution in [3.8, 4) is 0 Å². The van der Waals surface area contributed by atoms with Crippen molar-refractivity contribution < 1.29 is 19.2 Å². The van der Waals surface area contributed by atoms with Crippen LogP contribution in [-0.4, -0.2) is 39.6 Å². The van der Waals surface area contributed by atoms with Crippen LogP contribution in [0.15, 0.2) is 10.6 Å². The quantitative estimate of drug-likeness (QED) is 0.918. The van der Waals surface area contributed by atoms with E-state index >= 15 is 0 Å². The van der Waals surface area contributed by atoms with Crippen molar-refractivity contribution in [3.05, 3.63) is 17.5 Å². The molecule has 4 fully saturated rings. The Morgan fingerprint density at radius 2 is 2.10 bits per heavy atom. The van der Waals surface area contributed by atoms with Gasteiger partial charge in [-0.3, -0.25) is 9.59 Å². The van der Waals surface area contributed by atoms with Crippen LogP contribution in [0.1, 0.15) is 54.3 Å². The molecule has 4 aliphatic rings. The summed E-state index contributed by atoms with van der Waals surface area (Å²) in [5.41, 5.74) is 0.857. The van der Waals surface area contributed by atoms with Crippen molar-refractivity contribution >= 4 is 11.9 Å². The van der Waals surface area contributed by atoms with Gasteiger partial charge in [-0.1, -0.05) is 5.16 Å². The van der Waals surface area contributed by atoms with Gasteiger partial charge in [-0.25, -0.2) is 0 Å². The van der Waals surface area contributed by atoms with Crippen molar-refractivity contribution in [2.75, 3.05) is 6.54 Å². The highest BCUT2D eigenvalue weighted by molar-refractivity contribution is 5.92. The van der Waals surface area contributed by atoms with E-state index in [0.717, 1.165) is 31.4 Å². The molecule has 2 saturated carbocycles. The van der Waals surface area contributed by atoms with E-state index in [9.17, 15) is 14.7 Å². The van der Waals surface area contributed by atoms with Gasteiger partial charge in [0.25, 0.3) is 5.91 Å². The molecule has 112 valence electrons. The third kappa shape index (κ3) is 2.13. The highest BCUT2D eigenvalue weighted by Crippen LogP contribution is 2.41. The molecule has 1 aromatic rings. The second-order valence-corrected chi connectivity index (χ2v) is 6.54. The molecule has 21 heavy (non-hydrogen) atoms. The summed E-state index contributed by atoms with van der Waals surface area (Å²) in [7, 11) is 0. The number of fused-ring (bicyclic) bond motifs is 3. The molecule has 3 heterocycles. The second-order valence-electron chi connectivity index (χ2n) is 6.54. The molecule has 6 nitrogen and oxygen atoms in total. The molecule has 0 unspecified atom stereocenters. The van der Waals surface area contributed by atoms with E-state index in [0.29, 0.717) is 24.8 Å². The first-order valence-electron chi connectivity index (χ1n) is 7.64. The smallest absolute Gasteiger partial charge is 0.308 e. The van der Waals surface area contributed by atoms with E-state index in [1.807, 2.05) is 0 Å². The van der Waals surface area contributed by atoms with Crippen molar-refractivity contribution in [3.63, 3.8) is 0 Å². The first kappa shape index (κ1) is 12.9. The van der Waals surface area contributed by atoms with Crippen LogP contribution in [0.2, 0.25) is 0 Å². The van der Waals surface area contributed by atoms with Gasteiger partial charge >= 0.3 is 5.97 Å². The van der Waals surface area contributed by atoms with Crippen LogP contribution in [0.3, 0.4) is 0 Å². The molecule has 6 heteroatoms. The average molecular weight is 290 g/mol. The first-order valence-corrected chi connectivity index (χ1v) is 7.64. The molecule has 3 atom stereocenters. The fourth-order valence-corrected chi connectivity index (χ4v) is 3.80. The Hall–Kier alpha value is -1.85. The molecule has 1 aromatic heterocycles. The molecular formula is C15H18N2O4. The van der Waals surface area contributed by atoms with E-state index in [-0.39, 0.29) is 17.7 Å². The molecule has 0 radical (unpaired) electrons. The molecule has 5 rings (SSSR count). The lowest BCUT2D eigenvalue weighted by Crippen LogP contribution is -2.57. The predicted octanol–water partition coefficient (Wildman–Crippen LogP) is 1.88. The number of carbonyl (C=O) groups is 2. The SMILES string of the molecule is O=C(O)[C@@H]1C[C@H]2CC[C@@H]1N(C(=O)c1cc(C3CC3)no1)C2. The zero-order chi connectivity index (χ0) is 14.6. The standard InChI is InChI=1S/C15H18N2O4/c18-14(13-6-11(16-21-13)9-2-3-9)17-7-8-1-4-12(17)10(5-8)15(19)20/h6,8-10,12H,1-5,7H2,(H,19,20)/t8-,10-,12+/m1/s1. The fraction of sp³-hybridized carbons (Fsp3) is 0.667. The van der Waals surface area contributed by atoms with Gasteiger partial charge in [0, 0.05) is 24.6 Å². The number of hydrogen-bond donors (Lipinski definition) is 1. The summed E-state index contributed by atoms with van der Waals surface area (Å²) in [6.07, 6.45) is 4.69. The van der Waals surface area contributed by atoms with Gasteiger partial charge < -0.3 is 14.5 Å². The predicted molar refractivity (Wildman–Crippen MR) is 71.8 cm³/mol. The fourth-order valence-electron chi connectivity index (χ4n) is 3.80. The Kier molecular flexibility index (Phi) is 2.80. The number of nitrogens with zero attached hydrogens (tertiary/aromatic N) is 2. The minimum Gasteiger partial charge on any atom is -0.481 e. The van der Waals surface area contributed by atoms with Crippen LogP contribution in [0.4, 0.5) is 0 Å². The monoisotopic (exact) mass is 290 g/mol. The van der Waals surface area contributed by atoms with Crippen molar-refractivity contribution in [1.82, 2.24) is 10.1 Å². The van der Waals surface area contributed by atoms with Gasteiger partial charge in [-0.2, -0.15) is 0 Å². The number of hydrogen-bond acceptors (Lipinski definition) is 4. The summed E-state index contributed by atoms with van der Waals surface area (Å²) in [6, 6.07) is 1.53. The lowest BCUT2D eigenvalue weighted by Gasteiger charge is -2.48. The highest BCUT2D eigenvalue weighted by Gasteiger charge is 2.46. The molecule has 1 amide bonds. The van der Waals surface area contributed by atoms with Crippen LogP contribution in [0.25, 0.3) is 0 Å². The lowest BCUT2D eigenvalue weighted by atomic mass is 9.72. The maximum Gasteiger partial charge on any atom is 0.308 e. The molecule has 2 bridgehead atoms. The number of carbonyl (C=O) groups excluding carboxylic acids is 1. The number of amides is 1. The van der Waals surface area contributed by atoms with Gasteiger partial charge in [-0.15, -0.1) is 0 Å². The Labute approximate surface area is 122 Å². The zero-order valence-corrected chi connectivity index (χ0v) is 11.7. The molecule has 2 aliphatic carbocycles. The van der Waals surface area contributed by atoms with Crippen LogP contribution in [0.5, 0.6) is 0 Å². The van der Waals surface area contributed by atoms with Crippen molar-refractivity contribution in [2.24, 2.45) is 11.8 Å². The van der Waals surface area contributed by atoms with Gasteiger partial charge in [-0.05, 0) is 38.0 Å². The maximum atomic E-state index is 12.6.